The van der Waals surface area contributed by atoms with Gasteiger partial charge in [-0.3, -0.25) is 9.78 Å². The Morgan fingerprint density at radius 2 is 1.85 bits per heavy atom. The molecule has 2 aromatic heterocycles. The molecule has 0 aliphatic carbocycles. The summed E-state index contributed by atoms with van der Waals surface area (Å²) in [6.07, 6.45) is 1.55. The molecular weight excluding hydrogens is 342 g/mol. The maximum atomic E-state index is 12.8. The highest BCUT2D eigenvalue weighted by Crippen LogP contribution is 2.22. The van der Waals surface area contributed by atoms with Gasteiger partial charge in [0, 0.05) is 30.2 Å². The summed E-state index contributed by atoms with van der Waals surface area (Å²) in [4.78, 5) is 35.4. The van der Waals surface area contributed by atoms with Gasteiger partial charge in [-0.1, -0.05) is 12.1 Å². The van der Waals surface area contributed by atoms with E-state index in [0.29, 0.717) is 28.0 Å². The molecule has 2 heterocycles. The highest BCUT2D eigenvalue weighted by molar-refractivity contribution is 6.06. The molecule has 7 heteroatoms. The molecule has 134 valence electrons. The fourth-order valence-electron chi connectivity index (χ4n) is 2.93. The lowest BCUT2D eigenvalue weighted by molar-refractivity contribution is 0.0992. The van der Waals surface area contributed by atoms with Gasteiger partial charge in [0.1, 0.15) is 0 Å². The summed E-state index contributed by atoms with van der Waals surface area (Å²) in [5, 5.41) is 0. The summed E-state index contributed by atoms with van der Waals surface area (Å²) in [5.74, 6) is -0.196. The molecule has 2 aromatic carbocycles. The third kappa shape index (κ3) is 3.18. The number of rotatable bonds is 3. The van der Waals surface area contributed by atoms with Crippen LogP contribution in [0.2, 0.25) is 0 Å². The van der Waals surface area contributed by atoms with E-state index in [-0.39, 0.29) is 11.6 Å². The minimum Gasteiger partial charge on any atom is -0.399 e. The number of amides is 1. The third-order valence-corrected chi connectivity index (χ3v) is 4.38. The van der Waals surface area contributed by atoms with Crippen molar-refractivity contribution in [2.45, 2.75) is 0 Å². The molecule has 0 aliphatic heterocycles. The second-order valence-corrected chi connectivity index (χ2v) is 6.23. The molecule has 0 atom stereocenters. The number of carbonyl (C=O) groups is 1. The molecule has 0 unspecified atom stereocenters. The Kier molecular flexibility index (Phi) is 3.97. The highest BCUT2D eigenvalue weighted by Gasteiger charge is 2.15. The van der Waals surface area contributed by atoms with E-state index in [9.17, 15) is 9.59 Å². The quantitative estimate of drug-likeness (QED) is 0.489. The van der Waals surface area contributed by atoms with E-state index in [0.717, 1.165) is 11.3 Å². The van der Waals surface area contributed by atoms with Crippen LogP contribution in [0.1, 0.15) is 10.4 Å². The summed E-state index contributed by atoms with van der Waals surface area (Å²) in [6.45, 7) is 0. The van der Waals surface area contributed by atoms with Gasteiger partial charge in [-0.2, -0.15) is 0 Å². The van der Waals surface area contributed by atoms with E-state index in [2.05, 4.69) is 15.0 Å². The number of aromatic nitrogens is 3. The zero-order valence-electron chi connectivity index (χ0n) is 14.6. The monoisotopic (exact) mass is 359 g/mol. The molecule has 0 saturated carbocycles. The molecule has 1 amide bonds. The van der Waals surface area contributed by atoms with Gasteiger partial charge in [0.2, 0.25) is 0 Å². The summed E-state index contributed by atoms with van der Waals surface area (Å²) < 4.78 is 0. The zero-order chi connectivity index (χ0) is 19.0. The van der Waals surface area contributed by atoms with Crippen LogP contribution in [-0.2, 0) is 0 Å². The normalized spacial score (nSPS) is 10.9. The van der Waals surface area contributed by atoms with Crippen LogP contribution < -0.4 is 16.3 Å². The first kappa shape index (κ1) is 16.6. The topological polar surface area (TPSA) is 108 Å². The van der Waals surface area contributed by atoms with Gasteiger partial charge in [-0.25, -0.2) is 4.79 Å². The van der Waals surface area contributed by atoms with Crippen LogP contribution in [0.4, 0.5) is 11.4 Å². The summed E-state index contributed by atoms with van der Waals surface area (Å²) in [7, 11) is 1.68. The van der Waals surface area contributed by atoms with Crippen LogP contribution in [0.3, 0.4) is 0 Å². The van der Waals surface area contributed by atoms with Crippen molar-refractivity contribution in [3.05, 3.63) is 76.8 Å². The second kappa shape index (κ2) is 6.45. The predicted molar refractivity (Wildman–Crippen MR) is 106 cm³/mol. The summed E-state index contributed by atoms with van der Waals surface area (Å²) in [6, 6.07) is 16.2. The van der Waals surface area contributed by atoms with Gasteiger partial charge >= 0.3 is 5.69 Å². The van der Waals surface area contributed by atoms with Crippen LogP contribution in [0.15, 0.2) is 65.6 Å². The molecule has 0 aliphatic rings. The summed E-state index contributed by atoms with van der Waals surface area (Å²) >= 11 is 0. The van der Waals surface area contributed by atoms with Crippen LogP contribution in [0.5, 0.6) is 0 Å². The smallest absolute Gasteiger partial charge is 0.323 e. The number of nitrogens with zero attached hydrogens (tertiary/aromatic N) is 2. The van der Waals surface area contributed by atoms with Crippen molar-refractivity contribution in [2.75, 3.05) is 17.7 Å². The number of nitrogens with one attached hydrogen (secondary N) is 2. The first-order valence-electron chi connectivity index (χ1n) is 8.33. The Morgan fingerprint density at radius 1 is 1.04 bits per heavy atom. The lowest BCUT2D eigenvalue weighted by Crippen LogP contribution is -2.26. The molecule has 0 radical (unpaired) electrons. The maximum Gasteiger partial charge on any atom is 0.323 e. The van der Waals surface area contributed by atoms with Gasteiger partial charge in [0.05, 0.1) is 22.3 Å². The standard InChI is InChI=1S/C20H17N5O2/c1-25(15-6-8-17-18(10-15)24-20(27)23-17)19(26)13-5-7-16(22-11-13)12-3-2-4-14(21)9-12/h2-11H,21H2,1H3,(H2,23,24,27). The van der Waals surface area contributed by atoms with Crippen molar-refractivity contribution in [1.29, 1.82) is 0 Å². The molecule has 4 N–H and O–H groups in total. The Labute approximate surface area is 154 Å². The lowest BCUT2D eigenvalue weighted by atomic mass is 10.1. The number of H-pyrrole nitrogens is 2. The van der Waals surface area contributed by atoms with Crippen LogP contribution in [-0.4, -0.2) is 27.9 Å². The summed E-state index contributed by atoms with van der Waals surface area (Å²) in [5.41, 5.74) is 10.3. The fraction of sp³-hybridized carbons (Fsp3) is 0.0500. The molecular formula is C20H17N5O2. The number of imidazole rings is 1. The Hall–Kier alpha value is -3.87. The SMILES string of the molecule is CN(C(=O)c1ccc(-c2cccc(N)c2)nc1)c1ccc2[nH]c(=O)[nH]c2c1. The number of hydrogen-bond acceptors (Lipinski definition) is 4. The van der Waals surface area contributed by atoms with E-state index in [4.69, 9.17) is 5.73 Å². The van der Waals surface area contributed by atoms with E-state index in [1.54, 1.807) is 43.6 Å². The number of nitrogen functional groups attached to an aromatic ring is 1. The average Bonchev–Trinajstić information content (AvgIpc) is 3.06. The molecule has 7 nitrogen and oxygen atoms in total. The number of hydrogen-bond donors (Lipinski definition) is 3. The first-order valence-corrected chi connectivity index (χ1v) is 8.33. The second-order valence-electron chi connectivity index (χ2n) is 6.23. The number of aromatic amines is 2. The van der Waals surface area contributed by atoms with Crippen LogP contribution >= 0.6 is 0 Å². The van der Waals surface area contributed by atoms with Crippen molar-refractivity contribution >= 4 is 28.3 Å². The van der Waals surface area contributed by atoms with E-state index < -0.39 is 0 Å². The van der Waals surface area contributed by atoms with Gasteiger partial charge in [0.15, 0.2) is 0 Å². The van der Waals surface area contributed by atoms with E-state index in [1.807, 2.05) is 24.3 Å². The third-order valence-electron chi connectivity index (χ3n) is 4.38. The number of benzene rings is 2. The van der Waals surface area contributed by atoms with Crippen LogP contribution in [0.25, 0.3) is 22.3 Å². The molecule has 4 rings (SSSR count). The zero-order valence-corrected chi connectivity index (χ0v) is 14.6. The maximum absolute atomic E-state index is 12.8. The molecule has 0 spiro atoms. The van der Waals surface area contributed by atoms with E-state index in [1.165, 1.54) is 4.90 Å². The van der Waals surface area contributed by atoms with Gasteiger partial charge < -0.3 is 20.6 Å². The number of pyridine rings is 1. The first-order chi connectivity index (χ1) is 13.0. The van der Waals surface area contributed by atoms with Crippen molar-refractivity contribution < 1.29 is 4.79 Å². The van der Waals surface area contributed by atoms with Gasteiger partial charge in [-0.05, 0) is 42.5 Å². The molecule has 0 bridgehead atoms. The number of carbonyl (C=O) groups excluding carboxylic acids is 1. The van der Waals surface area contributed by atoms with Gasteiger partial charge in [-0.15, -0.1) is 0 Å². The minimum absolute atomic E-state index is 0.196. The highest BCUT2D eigenvalue weighted by atomic mass is 16.2. The van der Waals surface area contributed by atoms with Crippen molar-refractivity contribution in [3.63, 3.8) is 0 Å². The van der Waals surface area contributed by atoms with Crippen LogP contribution in [0, 0.1) is 0 Å². The van der Waals surface area contributed by atoms with Crippen molar-refractivity contribution in [1.82, 2.24) is 15.0 Å². The fourth-order valence-corrected chi connectivity index (χ4v) is 2.93. The number of anilines is 2. The number of fused-ring (bicyclic) bond motifs is 1. The Balaban J connectivity index is 1.60. The molecule has 4 aromatic rings. The molecule has 0 saturated heterocycles. The predicted octanol–water partition coefficient (Wildman–Crippen LogP) is 2.78. The van der Waals surface area contributed by atoms with E-state index >= 15 is 0 Å². The average molecular weight is 359 g/mol. The molecule has 27 heavy (non-hydrogen) atoms. The Morgan fingerprint density at radius 3 is 2.59 bits per heavy atom. The molecule has 0 fully saturated rings. The lowest BCUT2D eigenvalue weighted by Gasteiger charge is -2.17. The largest absolute Gasteiger partial charge is 0.399 e. The van der Waals surface area contributed by atoms with Crippen molar-refractivity contribution in [2.24, 2.45) is 0 Å². The Bertz CT molecular complexity index is 1190. The van der Waals surface area contributed by atoms with Gasteiger partial charge in [0.25, 0.3) is 5.91 Å². The minimum atomic E-state index is -0.280. The van der Waals surface area contributed by atoms with Crippen molar-refractivity contribution in [3.8, 4) is 11.3 Å². The number of nitrogens with two attached hydrogens (primary N) is 1.